The van der Waals surface area contributed by atoms with E-state index in [1.807, 2.05) is 16.4 Å². The number of methoxy groups -OCH3 is 1. The van der Waals surface area contributed by atoms with Gasteiger partial charge >= 0.3 is 0 Å². The van der Waals surface area contributed by atoms with Crippen molar-refractivity contribution in [2.75, 3.05) is 26.7 Å². The van der Waals surface area contributed by atoms with Crippen LogP contribution in [0.3, 0.4) is 0 Å². The molecule has 2 heterocycles. The smallest absolute Gasteiger partial charge is 0.228 e. The van der Waals surface area contributed by atoms with E-state index in [0.29, 0.717) is 36.5 Å². The van der Waals surface area contributed by atoms with Gasteiger partial charge in [-0.3, -0.25) is 9.69 Å². The summed E-state index contributed by atoms with van der Waals surface area (Å²) >= 11 is 1.34. The summed E-state index contributed by atoms with van der Waals surface area (Å²) in [6.45, 7) is -1.81. The van der Waals surface area contributed by atoms with Gasteiger partial charge in [-0.25, -0.2) is 0 Å². The minimum absolute atomic E-state index is 0.111. The van der Waals surface area contributed by atoms with E-state index >= 15 is 0 Å². The first kappa shape index (κ1) is 11.4. The van der Waals surface area contributed by atoms with Gasteiger partial charge in [0.2, 0.25) is 5.91 Å². The van der Waals surface area contributed by atoms with Crippen molar-refractivity contribution >= 4 is 17.2 Å². The lowest BCUT2D eigenvalue weighted by Gasteiger charge is -2.48. The second-order valence-electron chi connectivity index (χ2n) is 6.51. The molecule has 0 radical (unpaired) electrons. The first-order valence-electron chi connectivity index (χ1n) is 12.9. The van der Waals surface area contributed by atoms with Gasteiger partial charge in [0.1, 0.15) is 5.72 Å². The maximum Gasteiger partial charge on any atom is 0.228 e. The summed E-state index contributed by atoms with van der Waals surface area (Å²) in [6, 6.07) is 3.54. The number of likely N-dealkylation sites (tertiary alicyclic amines) is 1. The summed E-state index contributed by atoms with van der Waals surface area (Å²) in [5, 5.41) is 1.82. The number of carbonyl (C=O) groups is 1. The quantitative estimate of drug-likeness (QED) is 0.663. The number of nitrogens with zero attached hydrogens (tertiary/aromatic N) is 2. The van der Waals surface area contributed by atoms with Gasteiger partial charge in [-0.2, -0.15) is 0 Å². The highest BCUT2D eigenvalue weighted by Crippen LogP contribution is 2.35. The summed E-state index contributed by atoms with van der Waals surface area (Å²) in [4.78, 5) is 17.0. The van der Waals surface area contributed by atoms with Crippen LogP contribution in [0.15, 0.2) is 41.4 Å². The Balaban J connectivity index is 1.88. The fourth-order valence-electron chi connectivity index (χ4n) is 3.51. The molecule has 0 unspecified atom stereocenters. The number of amides is 1. The third-order valence-electron chi connectivity index (χ3n) is 4.91. The van der Waals surface area contributed by atoms with Gasteiger partial charge in [-0.15, -0.1) is 11.3 Å². The third-order valence-corrected chi connectivity index (χ3v) is 5.74. The van der Waals surface area contributed by atoms with Crippen LogP contribution in [0.2, 0.25) is 0 Å². The summed E-state index contributed by atoms with van der Waals surface area (Å²) in [7, 11) is -2.81. The van der Waals surface area contributed by atoms with Gasteiger partial charge in [0.15, 0.2) is 0 Å². The van der Waals surface area contributed by atoms with Crippen LogP contribution in [-0.2, 0) is 15.9 Å². The van der Waals surface area contributed by atoms with Crippen LogP contribution in [0.5, 0.6) is 0 Å². The first-order valence-corrected chi connectivity index (χ1v) is 9.74. The van der Waals surface area contributed by atoms with E-state index in [2.05, 4.69) is 0 Å². The number of ether oxygens (including phenoxy) is 1. The van der Waals surface area contributed by atoms with Crippen molar-refractivity contribution in [2.45, 2.75) is 51.1 Å². The SMILES string of the molecule is [2H]C([2H])([2H])CC(=O)N(C1=CC=CCC1)C1(OC([2H])([2H])[2H])CCN(CC([2H])([2H])c2cccs2)CC1. The van der Waals surface area contributed by atoms with Crippen LogP contribution in [0.4, 0.5) is 0 Å². The Hall–Kier alpha value is -1.43. The maximum absolute atomic E-state index is 13.3. The van der Waals surface area contributed by atoms with Crippen LogP contribution in [-0.4, -0.2) is 48.1 Å². The van der Waals surface area contributed by atoms with Crippen molar-refractivity contribution in [3.05, 3.63) is 46.3 Å². The molecule has 1 saturated heterocycles. The molecule has 1 aromatic rings. The highest BCUT2D eigenvalue weighted by molar-refractivity contribution is 7.09. The molecule has 26 heavy (non-hydrogen) atoms. The van der Waals surface area contributed by atoms with Gasteiger partial charge in [-0.1, -0.05) is 25.1 Å². The molecule has 0 aromatic carbocycles. The molecule has 0 N–H and O–H groups in total. The number of hydrogen-bond acceptors (Lipinski definition) is 4. The number of thiophene rings is 1. The summed E-state index contributed by atoms with van der Waals surface area (Å²) in [6.07, 6.45) is 4.40. The van der Waals surface area contributed by atoms with Crippen LogP contribution < -0.4 is 0 Å². The number of hydrogen-bond donors (Lipinski definition) is 0. The molecule has 142 valence electrons. The van der Waals surface area contributed by atoms with Crippen molar-refractivity contribution in [3.8, 4) is 0 Å². The minimum atomic E-state index is -2.81. The lowest BCUT2D eigenvalue weighted by atomic mass is 9.95. The molecule has 1 aliphatic heterocycles. The fraction of sp³-hybridized carbons (Fsp3) is 0.571. The topological polar surface area (TPSA) is 32.8 Å². The van der Waals surface area contributed by atoms with Crippen molar-refractivity contribution in [1.29, 1.82) is 0 Å². The normalized spacial score (nSPS) is 26.1. The highest BCUT2D eigenvalue weighted by atomic mass is 32.1. The molecular formula is C21H30N2O2S. The Kier molecular flexibility index (Phi) is 3.94. The lowest BCUT2D eigenvalue weighted by molar-refractivity contribution is -0.174. The first-order chi connectivity index (χ1) is 15.7. The Morgan fingerprint density at radius 3 is 3.04 bits per heavy atom. The standard InChI is InChI=1S/C21H30N2O2S/c1-3-20(24)23(18-8-5-4-6-9-18)21(25-2)12-15-22(16-13-21)14-11-19-10-7-17-26-19/h4-5,7-8,10,17H,3,6,9,11-16H2,1-2H3/i1D3,2D3,11D2. The molecular weight excluding hydrogens is 344 g/mol. The summed E-state index contributed by atoms with van der Waals surface area (Å²) in [5.41, 5.74) is -1.01. The van der Waals surface area contributed by atoms with E-state index in [1.165, 1.54) is 16.2 Å². The maximum atomic E-state index is 13.3. The number of carbonyl (C=O) groups excluding carboxylic acids is 1. The third kappa shape index (κ3) is 4.27. The zero-order valence-electron chi connectivity index (χ0n) is 22.7. The predicted molar refractivity (Wildman–Crippen MR) is 107 cm³/mol. The van der Waals surface area contributed by atoms with E-state index in [1.54, 1.807) is 24.3 Å². The van der Waals surface area contributed by atoms with Gasteiger partial charge < -0.3 is 9.64 Å². The molecule has 0 atom stereocenters. The predicted octanol–water partition coefficient (Wildman–Crippen LogP) is 4.20. The van der Waals surface area contributed by atoms with E-state index in [9.17, 15) is 4.79 Å². The fourth-order valence-corrected chi connectivity index (χ4v) is 4.11. The molecule has 5 heteroatoms. The monoisotopic (exact) mass is 382 g/mol. The molecule has 2 aliphatic rings. The molecule has 3 rings (SSSR count). The van der Waals surface area contributed by atoms with Crippen LogP contribution in [0.25, 0.3) is 0 Å². The van der Waals surface area contributed by atoms with E-state index in [-0.39, 0.29) is 19.4 Å². The molecule has 1 fully saturated rings. The largest absolute Gasteiger partial charge is 0.358 e. The van der Waals surface area contributed by atoms with Gasteiger partial charge in [0.05, 0.1) is 4.11 Å². The summed E-state index contributed by atoms with van der Waals surface area (Å²) in [5.74, 6) is -0.701. The van der Waals surface area contributed by atoms with Crippen LogP contribution in [0, 0.1) is 0 Å². The average molecular weight is 383 g/mol. The zero-order chi connectivity index (χ0) is 25.2. The molecule has 4 nitrogen and oxygen atoms in total. The molecule has 1 aromatic heterocycles. The van der Waals surface area contributed by atoms with Crippen molar-refractivity contribution in [2.24, 2.45) is 0 Å². The number of rotatable bonds is 7. The minimum Gasteiger partial charge on any atom is -0.358 e. The van der Waals surface area contributed by atoms with E-state index < -0.39 is 38.3 Å². The van der Waals surface area contributed by atoms with Gasteiger partial charge in [-0.05, 0) is 36.7 Å². The highest BCUT2D eigenvalue weighted by Gasteiger charge is 2.43. The van der Waals surface area contributed by atoms with Gasteiger partial charge in [0.25, 0.3) is 0 Å². The number of allylic oxidation sites excluding steroid dienone is 4. The Morgan fingerprint density at radius 1 is 1.50 bits per heavy atom. The van der Waals surface area contributed by atoms with E-state index in [4.69, 9.17) is 15.7 Å². The second kappa shape index (κ2) is 8.98. The molecule has 0 spiro atoms. The Labute approximate surface area is 172 Å². The number of piperidine rings is 1. The molecule has 0 bridgehead atoms. The van der Waals surface area contributed by atoms with E-state index in [0.717, 1.165) is 0 Å². The van der Waals surface area contributed by atoms with Crippen molar-refractivity contribution < 1.29 is 20.5 Å². The average Bonchev–Trinajstić information content (AvgIpc) is 3.24. The Bertz CT molecular complexity index is 901. The Morgan fingerprint density at radius 2 is 2.38 bits per heavy atom. The van der Waals surface area contributed by atoms with Crippen LogP contribution >= 0.6 is 11.3 Å². The molecule has 1 aliphatic carbocycles. The molecule has 0 saturated carbocycles. The summed E-state index contributed by atoms with van der Waals surface area (Å²) < 4.78 is 68.5. The second-order valence-corrected chi connectivity index (χ2v) is 7.46. The molecule has 1 amide bonds. The van der Waals surface area contributed by atoms with Crippen LogP contribution in [0.1, 0.15) is 54.8 Å². The van der Waals surface area contributed by atoms with Crippen molar-refractivity contribution in [1.82, 2.24) is 9.80 Å². The van der Waals surface area contributed by atoms with Crippen molar-refractivity contribution in [3.63, 3.8) is 0 Å². The van der Waals surface area contributed by atoms with Gasteiger partial charge in [0, 0.05) is 63.4 Å². The zero-order valence-corrected chi connectivity index (χ0v) is 15.6. The lowest BCUT2D eigenvalue weighted by Crippen LogP contribution is -2.58.